The molecule has 0 radical (unpaired) electrons. The van der Waals surface area contributed by atoms with Crippen LogP contribution in [-0.2, 0) is 39.9 Å². The summed E-state index contributed by atoms with van der Waals surface area (Å²) in [6.07, 6.45) is 3.19. The van der Waals surface area contributed by atoms with E-state index in [1.807, 2.05) is 56.0 Å². The number of methoxy groups -OCH3 is 1. The number of benzene rings is 2. The molecule has 2 fully saturated rings. The first kappa shape index (κ1) is 50.4. The molecule has 3 N–H and O–H groups in total. The number of likely N-dealkylation sites (tertiary alicyclic amines) is 1. The number of nitrogens with one attached hydrogen (secondary N) is 3. The van der Waals surface area contributed by atoms with E-state index in [-0.39, 0.29) is 51.2 Å². The molecule has 0 bridgehead atoms. The van der Waals surface area contributed by atoms with Crippen molar-refractivity contribution in [1.82, 2.24) is 34.1 Å². The average Bonchev–Trinajstić information content (AvgIpc) is 4.14. The van der Waals surface area contributed by atoms with Crippen molar-refractivity contribution >= 4 is 47.2 Å². The van der Waals surface area contributed by atoms with Gasteiger partial charge in [0.05, 0.1) is 63.3 Å². The Bertz CT molecular complexity index is 2190. The third-order valence-corrected chi connectivity index (χ3v) is 11.3. The Labute approximate surface area is 395 Å². The lowest BCUT2D eigenvalue weighted by atomic mass is 10.1. The minimum atomic E-state index is -1.29. The SMILES string of the molecule is COc1cccc(CN(CCOC(=O)[C@H](C)OC(=O)CCC(=O)O[C@@H](CNC(C)(C)C)COc2nsnc2N2CCOCC2)C(=O)Nc2ccc(-c3cn[nH]c3)cc2OCCN2CCCC2)c1. The van der Waals surface area contributed by atoms with Gasteiger partial charge in [-0.15, -0.1) is 4.37 Å². The van der Waals surface area contributed by atoms with Crippen molar-refractivity contribution in [2.75, 3.05) is 96.2 Å². The van der Waals surface area contributed by atoms with Gasteiger partial charge in [-0.05, 0) is 89.0 Å². The normalized spacial score (nSPS) is 15.0. The summed E-state index contributed by atoms with van der Waals surface area (Å²) in [5.74, 6) is -0.188. The Balaban J connectivity index is 1.00. The molecule has 2 amide bonds. The summed E-state index contributed by atoms with van der Waals surface area (Å²) in [4.78, 5) is 58.8. The fourth-order valence-electron chi connectivity index (χ4n) is 7.15. The van der Waals surface area contributed by atoms with Crippen LogP contribution in [0.4, 0.5) is 16.3 Å². The van der Waals surface area contributed by atoms with Crippen molar-refractivity contribution in [3.8, 4) is 28.5 Å². The number of aromatic amines is 1. The minimum absolute atomic E-state index is 0.00218. The van der Waals surface area contributed by atoms with E-state index in [1.54, 1.807) is 31.6 Å². The molecule has 4 aromatic rings. The van der Waals surface area contributed by atoms with Gasteiger partial charge in [0, 0.05) is 50.0 Å². The fourth-order valence-corrected chi connectivity index (χ4v) is 7.67. The van der Waals surface area contributed by atoms with Gasteiger partial charge in [0.25, 0.3) is 5.88 Å². The van der Waals surface area contributed by atoms with E-state index in [0.717, 1.165) is 60.9 Å². The van der Waals surface area contributed by atoms with Crippen LogP contribution in [0, 0.1) is 0 Å². The Kier molecular flexibility index (Phi) is 19.0. The van der Waals surface area contributed by atoms with Crippen LogP contribution >= 0.6 is 11.7 Å². The van der Waals surface area contributed by atoms with Crippen LogP contribution in [-0.4, -0.2) is 156 Å². The number of H-pyrrole nitrogens is 1. The molecule has 0 unspecified atom stereocenters. The number of aromatic nitrogens is 4. The van der Waals surface area contributed by atoms with Crippen LogP contribution in [0.2, 0.25) is 0 Å². The first-order valence-electron chi connectivity index (χ1n) is 22.6. The molecule has 2 aliphatic rings. The van der Waals surface area contributed by atoms with Crippen molar-refractivity contribution in [3.63, 3.8) is 0 Å². The van der Waals surface area contributed by atoms with Gasteiger partial charge in [0.1, 0.15) is 37.4 Å². The van der Waals surface area contributed by atoms with Crippen LogP contribution in [0.3, 0.4) is 0 Å². The highest BCUT2D eigenvalue weighted by molar-refractivity contribution is 6.99. The molecule has 2 aliphatic heterocycles. The summed E-state index contributed by atoms with van der Waals surface area (Å²) < 4.78 is 48.3. The lowest BCUT2D eigenvalue weighted by Crippen LogP contribution is -2.44. The molecule has 2 aromatic heterocycles. The Hall–Kier alpha value is -6.03. The predicted octanol–water partition coefficient (Wildman–Crippen LogP) is 4.92. The number of rotatable bonds is 24. The molecule has 2 aromatic carbocycles. The Morgan fingerprint density at radius 2 is 1.72 bits per heavy atom. The average molecular weight is 950 g/mol. The van der Waals surface area contributed by atoms with E-state index in [2.05, 4.69) is 34.5 Å². The van der Waals surface area contributed by atoms with Gasteiger partial charge in [-0.2, -0.15) is 9.47 Å². The van der Waals surface area contributed by atoms with Crippen LogP contribution in [0.15, 0.2) is 54.9 Å². The topological polar surface area (TPSA) is 221 Å². The Morgan fingerprint density at radius 3 is 2.45 bits per heavy atom. The summed E-state index contributed by atoms with van der Waals surface area (Å²) in [6, 6.07) is 12.4. The smallest absolute Gasteiger partial charge is 0.347 e. The van der Waals surface area contributed by atoms with E-state index < -0.39 is 36.1 Å². The van der Waals surface area contributed by atoms with Crippen LogP contribution < -0.4 is 29.7 Å². The van der Waals surface area contributed by atoms with Crippen molar-refractivity contribution in [2.45, 2.75) is 77.7 Å². The highest BCUT2D eigenvalue weighted by Crippen LogP contribution is 2.32. The van der Waals surface area contributed by atoms with Crippen molar-refractivity contribution in [2.24, 2.45) is 0 Å². The number of esters is 3. The lowest BCUT2D eigenvalue weighted by Gasteiger charge is -2.27. The monoisotopic (exact) mass is 949 g/mol. The largest absolute Gasteiger partial charge is 0.497 e. The number of hydrogen-bond donors (Lipinski definition) is 3. The molecule has 21 heteroatoms. The molecule has 0 saturated carbocycles. The molecule has 6 rings (SSSR count). The predicted molar refractivity (Wildman–Crippen MR) is 249 cm³/mol. The number of urea groups is 1. The van der Waals surface area contributed by atoms with Gasteiger partial charge in [0.15, 0.2) is 6.10 Å². The van der Waals surface area contributed by atoms with E-state index in [4.69, 9.17) is 33.2 Å². The number of anilines is 2. The van der Waals surface area contributed by atoms with E-state index in [1.165, 1.54) is 11.8 Å². The summed E-state index contributed by atoms with van der Waals surface area (Å²) >= 11 is 1.03. The second-order valence-corrected chi connectivity index (χ2v) is 17.7. The number of ether oxygens (including phenoxy) is 7. The first-order chi connectivity index (χ1) is 32.3. The molecule has 2 atom stereocenters. The second kappa shape index (κ2) is 25.2. The number of amides is 2. The summed E-state index contributed by atoms with van der Waals surface area (Å²) in [6.45, 7) is 13.2. The molecular formula is C46H63N9O11S. The summed E-state index contributed by atoms with van der Waals surface area (Å²) in [7, 11) is 1.56. The molecule has 4 heterocycles. The van der Waals surface area contributed by atoms with Gasteiger partial charge in [-0.25, -0.2) is 9.59 Å². The zero-order chi connectivity index (χ0) is 47.6. The number of hydrogen-bond acceptors (Lipinski definition) is 18. The highest BCUT2D eigenvalue weighted by atomic mass is 32.1. The zero-order valence-corrected chi connectivity index (χ0v) is 39.8. The molecule has 0 aliphatic carbocycles. The number of nitrogens with zero attached hydrogens (tertiary/aromatic N) is 6. The number of morpholine rings is 1. The van der Waals surface area contributed by atoms with Crippen LogP contribution in [0.5, 0.6) is 17.4 Å². The van der Waals surface area contributed by atoms with E-state index >= 15 is 0 Å². The minimum Gasteiger partial charge on any atom is -0.497 e. The van der Waals surface area contributed by atoms with Gasteiger partial charge < -0.3 is 53.6 Å². The molecule has 0 spiro atoms. The quantitative estimate of drug-likeness (QED) is 0.0627. The zero-order valence-electron chi connectivity index (χ0n) is 39.0. The molecule has 67 heavy (non-hydrogen) atoms. The molecular weight excluding hydrogens is 887 g/mol. The third kappa shape index (κ3) is 16.4. The fraction of sp³-hybridized carbons (Fsp3) is 0.543. The Morgan fingerprint density at radius 1 is 0.940 bits per heavy atom. The summed E-state index contributed by atoms with van der Waals surface area (Å²) in [5.41, 5.74) is 2.69. The highest BCUT2D eigenvalue weighted by Gasteiger charge is 2.26. The van der Waals surface area contributed by atoms with Crippen molar-refractivity contribution in [1.29, 1.82) is 0 Å². The number of carbonyl (C=O) groups is 4. The van der Waals surface area contributed by atoms with E-state index in [0.29, 0.717) is 61.8 Å². The first-order valence-corrected chi connectivity index (χ1v) is 23.3. The van der Waals surface area contributed by atoms with Gasteiger partial charge in [-0.3, -0.25) is 19.6 Å². The van der Waals surface area contributed by atoms with Gasteiger partial charge in [0.2, 0.25) is 5.82 Å². The molecule has 20 nitrogen and oxygen atoms in total. The molecule has 2 saturated heterocycles. The van der Waals surface area contributed by atoms with Gasteiger partial charge >= 0.3 is 23.9 Å². The maximum atomic E-state index is 14.0. The maximum Gasteiger partial charge on any atom is 0.347 e. The van der Waals surface area contributed by atoms with Gasteiger partial charge in [-0.1, -0.05) is 18.2 Å². The number of carbonyl (C=O) groups excluding carboxylic acids is 4. The standard InChI is InChI=1S/C46H63N9O11S/c1-32(65-40(56)13-14-41(57)66-37(29-47-46(2,3)4)31-64-43-42(51-67-52-43)54-18-21-61-22-19-54)44(58)63-24-20-55(30-33-9-8-10-36(25-33)60-5)45(59)50-38-12-11-34(35-27-48-49-28-35)26-39(38)62-23-17-53-15-6-7-16-53/h8-12,25-28,32,37,47H,6-7,13-24,29-31H2,1-5H3,(H,48,49)(H,50,59)/t32-,37-/m0/s1. The van der Waals surface area contributed by atoms with E-state index in [9.17, 15) is 19.2 Å². The van der Waals surface area contributed by atoms with Crippen molar-refractivity contribution in [3.05, 3.63) is 60.4 Å². The van der Waals surface area contributed by atoms with Crippen LogP contribution in [0.25, 0.3) is 11.1 Å². The summed E-state index contributed by atoms with van der Waals surface area (Å²) in [5, 5.41) is 13.2. The molecule has 364 valence electrons. The lowest BCUT2D eigenvalue weighted by molar-refractivity contribution is -0.167. The third-order valence-electron chi connectivity index (χ3n) is 10.8. The van der Waals surface area contributed by atoms with Crippen molar-refractivity contribution < 1.29 is 52.3 Å². The van der Waals surface area contributed by atoms with Crippen LogP contribution in [0.1, 0.15) is 58.9 Å². The second-order valence-electron chi connectivity index (χ2n) is 17.1. The maximum absolute atomic E-state index is 14.0.